The summed E-state index contributed by atoms with van der Waals surface area (Å²) in [5.74, 6) is 0.521. The fourth-order valence-corrected chi connectivity index (χ4v) is 2.51. The van der Waals surface area contributed by atoms with Gasteiger partial charge in [-0.2, -0.15) is 0 Å². The van der Waals surface area contributed by atoms with Crippen LogP contribution in [0.5, 0.6) is 0 Å². The van der Waals surface area contributed by atoms with Gasteiger partial charge in [-0.05, 0) is 49.1 Å². The number of benzene rings is 1. The number of aryl methyl sites for hydroxylation is 2. The Kier molecular flexibility index (Phi) is 3.98. The largest absolute Gasteiger partial charge is 0.347 e. The minimum absolute atomic E-state index is 0.521. The van der Waals surface area contributed by atoms with Crippen LogP contribution in [0.4, 0.5) is 0 Å². The first-order chi connectivity index (χ1) is 8.54. The molecular weight excluding hydrogens is 244 g/mol. The molecule has 0 atom stereocenters. The standard InChI is InChI=1S/C15H21ClN2/c1-10(2)13-9-18(6-4-5-17)15-8-14(16)11(3)7-12(13)15/h7-10H,4-6,17H2,1-3H3. The molecule has 1 heterocycles. The van der Waals surface area contributed by atoms with Crippen LogP contribution in [0, 0.1) is 6.92 Å². The Hall–Kier alpha value is -0.990. The number of halogens is 1. The van der Waals surface area contributed by atoms with Crippen molar-refractivity contribution in [1.82, 2.24) is 4.57 Å². The van der Waals surface area contributed by atoms with E-state index in [1.807, 2.05) is 0 Å². The van der Waals surface area contributed by atoms with Crippen molar-refractivity contribution in [1.29, 1.82) is 0 Å². The van der Waals surface area contributed by atoms with Crippen molar-refractivity contribution >= 4 is 22.5 Å². The van der Waals surface area contributed by atoms with Gasteiger partial charge in [-0.3, -0.25) is 0 Å². The fourth-order valence-electron chi connectivity index (χ4n) is 2.35. The maximum atomic E-state index is 6.24. The quantitative estimate of drug-likeness (QED) is 0.887. The predicted molar refractivity (Wildman–Crippen MR) is 79.4 cm³/mol. The van der Waals surface area contributed by atoms with Gasteiger partial charge in [0.25, 0.3) is 0 Å². The first kappa shape index (κ1) is 13.4. The molecule has 1 aromatic heterocycles. The smallest absolute Gasteiger partial charge is 0.0498 e. The molecule has 98 valence electrons. The summed E-state index contributed by atoms with van der Waals surface area (Å²) in [5, 5.41) is 2.16. The molecule has 2 nitrogen and oxygen atoms in total. The van der Waals surface area contributed by atoms with Crippen LogP contribution >= 0.6 is 11.6 Å². The molecule has 0 amide bonds. The molecule has 0 radical (unpaired) electrons. The van der Waals surface area contributed by atoms with Gasteiger partial charge in [-0.1, -0.05) is 25.4 Å². The van der Waals surface area contributed by atoms with E-state index < -0.39 is 0 Å². The Morgan fingerprint density at radius 3 is 2.67 bits per heavy atom. The minimum Gasteiger partial charge on any atom is -0.347 e. The second kappa shape index (κ2) is 5.33. The van der Waals surface area contributed by atoms with Crippen molar-refractivity contribution in [2.45, 2.75) is 39.7 Å². The van der Waals surface area contributed by atoms with E-state index in [-0.39, 0.29) is 0 Å². The number of aromatic nitrogens is 1. The van der Waals surface area contributed by atoms with Crippen molar-refractivity contribution in [3.63, 3.8) is 0 Å². The lowest BCUT2D eigenvalue weighted by molar-refractivity contribution is 0.666. The highest BCUT2D eigenvalue weighted by Gasteiger charge is 2.12. The average molecular weight is 265 g/mol. The third kappa shape index (κ3) is 2.40. The van der Waals surface area contributed by atoms with Crippen LogP contribution < -0.4 is 5.73 Å². The second-order valence-electron chi connectivity index (χ2n) is 5.19. The molecule has 2 aromatic rings. The number of fused-ring (bicyclic) bond motifs is 1. The highest BCUT2D eigenvalue weighted by Crippen LogP contribution is 2.31. The molecule has 0 unspecified atom stereocenters. The molecule has 3 heteroatoms. The molecule has 0 aliphatic rings. The van der Waals surface area contributed by atoms with E-state index in [4.69, 9.17) is 17.3 Å². The Bertz CT molecular complexity index is 555. The number of rotatable bonds is 4. The molecule has 0 saturated heterocycles. The molecule has 0 aliphatic heterocycles. The molecule has 0 saturated carbocycles. The zero-order valence-corrected chi connectivity index (χ0v) is 12.1. The summed E-state index contributed by atoms with van der Waals surface area (Å²) in [4.78, 5) is 0. The maximum Gasteiger partial charge on any atom is 0.0498 e. The normalized spacial score (nSPS) is 11.7. The van der Waals surface area contributed by atoms with Crippen molar-refractivity contribution < 1.29 is 0 Å². The number of hydrogen-bond acceptors (Lipinski definition) is 1. The second-order valence-corrected chi connectivity index (χ2v) is 5.60. The molecule has 0 aliphatic carbocycles. The van der Waals surface area contributed by atoms with E-state index in [0.29, 0.717) is 5.92 Å². The lowest BCUT2D eigenvalue weighted by Crippen LogP contribution is -2.04. The highest BCUT2D eigenvalue weighted by atomic mass is 35.5. The van der Waals surface area contributed by atoms with Crippen molar-refractivity contribution in [2.24, 2.45) is 5.73 Å². The number of hydrogen-bond donors (Lipinski definition) is 1. The topological polar surface area (TPSA) is 30.9 Å². The van der Waals surface area contributed by atoms with Crippen LogP contribution in [0.3, 0.4) is 0 Å². The average Bonchev–Trinajstić information content (AvgIpc) is 2.66. The van der Waals surface area contributed by atoms with Gasteiger partial charge < -0.3 is 10.3 Å². The Balaban J connectivity index is 2.61. The van der Waals surface area contributed by atoms with E-state index in [9.17, 15) is 0 Å². The number of nitrogens with two attached hydrogens (primary N) is 1. The summed E-state index contributed by atoms with van der Waals surface area (Å²) in [6.07, 6.45) is 3.24. The minimum atomic E-state index is 0.521. The Labute approximate surface area is 114 Å². The summed E-state index contributed by atoms with van der Waals surface area (Å²) in [7, 11) is 0. The van der Waals surface area contributed by atoms with Crippen LogP contribution in [0.25, 0.3) is 10.9 Å². The third-order valence-electron chi connectivity index (χ3n) is 3.42. The van der Waals surface area contributed by atoms with Gasteiger partial charge in [0, 0.05) is 28.7 Å². The maximum absolute atomic E-state index is 6.24. The third-order valence-corrected chi connectivity index (χ3v) is 3.82. The van der Waals surface area contributed by atoms with Crippen LogP contribution in [-0.2, 0) is 6.54 Å². The Morgan fingerprint density at radius 2 is 2.06 bits per heavy atom. The summed E-state index contributed by atoms with van der Waals surface area (Å²) in [6.45, 7) is 8.19. The molecule has 0 fully saturated rings. The highest BCUT2D eigenvalue weighted by molar-refractivity contribution is 6.32. The van der Waals surface area contributed by atoms with Gasteiger partial charge in [0.15, 0.2) is 0 Å². The number of nitrogens with zero attached hydrogens (tertiary/aromatic N) is 1. The molecule has 0 bridgehead atoms. The lowest BCUT2D eigenvalue weighted by Gasteiger charge is -2.05. The van der Waals surface area contributed by atoms with Gasteiger partial charge in [0.1, 0.15) is 0 Å². The zero-order chi connectivity index (χ0) is 13.3. The van der Waals surface area contributed by atoms with E-state index in [0.717, 1.165) is 30.1 Å². The predicted octanol–water partition coefficient (Wildman–Crippen LogP) is 4.08. The van der Waals surface area contributed by atoms with Crippen LogP contribution in [-0.4, -0.2) is 11.1 Å². The van der Waals surface area contributed by atoms with E-state index in [1.165, 1.54) is 16.5 Å². The monoisotopic (exact) mass is 264 g/mol. The summed E-state index contributed by atoms with van der Waals surface area (Å²) < 4.78 is 2.28. The van der Waals surface area contributed by atoms with Gasteiger partial charge in [-0.15, -0.1) is 0 Å². The first-order valence-corrected chi connectivity index (χ1v) is 6.91. The van der Waals surface area contributed by atoms with Gasteiger partial charge in [0.2, 0.25) is 0 Å². The molecule has 1 aromatic carbocycles. The van der Waals surface area contributed by atoms with Crippen LogP contribution in [0.1, 0.15) is 37.3 Å². The van der Waals surface area contributed by atoms with Crippen LogP contribution in [0.2, 0.25) is 5.02 Å². The van der Waals surface area contributed by atoms with Crippen molar-refractivity contribution in [2.75, 3.05) is 6.54 Å². The van der Waals surface area contributed by atoms with Gasteiger partial charge in [0.05, 0.1) is 0 Å². The molecule has 2 rings (SSSR count). The van der Waals surface area contributed by atoms with Crippen molar-refractivity contribution in [3.05, 3.63) is 34.5 Å². The molecular formula is C15H21ClN2. The Morgan fingerprint density at radius 1 is 1.33 bits per heavy atom. The lowest BCUT2D eigenvalue weighted by atomic mass is 10.0. The first-order valence-electron chi connectivity index (χ1n) is 6.53. The summed E-state index contributed by atoms with van der Waals surface area (Å²) in [6, 6.07) is 4.28. The zero-order valence-electron chi connectivity index (χ0n) is 11.3. The SMILES string of the molecule is Cc1cc2c(C(C)C)cn(CCCN)c2cc1Cl. The van der Waals surface area contributed by atoms with E-state index >= 15 is 0 Å². The molecule has 18 heavy (non-hydrogen) atoms. The van der Waals surface area contributed by atoms with E-state index in [1.54, 1.807) is 0 Å². The van der Waals surface area contributed by atoms with Crippen molar-refractivity contribution in [3.8, 4) is 0 Å². The fraction of sp³-hybridized carbons (Fsp3) is 0.467. The van der Waals surface area contributed by atoms with Crippen LogP contribution in [0.15, 0.2) is 18.3 Å². The molecule has 2 N–H and O–H groups in total. The molecule has 0 spiro atoms. The van der Waals surface area contributed by atoms with Gasteiger partial charge in [-0.25, -0.2) is 0 Å². The summed E-state index contributed by atoms with van der Waals surface area (Å²) >= 11 is 6.24. The van der Waals surface area contributed by atoms with Gasteiger partial charge >= 0.3 is 0 Å². The van der Waals surface area contributed by atoms with E-state index in [2.05, 4.69) is 43.7 Å². The summed E-state index contributed by atoms with van der Waals surface area (Å²) in [5.41, 5.74) is 9.36.